The van der Waals surface area contributed by atoms with Crippen LogP contribution in [0.5, 0.6) is 0 Å². The van der Waals surface area contributed by atoms with Crippen LogP contribution in [0, 0.1) is 0 Å². The van der Waals surface area contributed by atoms with Crippen molar-refractivity contribution in [3.05, 3.63) is 64.1 Å². The zero-order valence-electron chi connectivity index (χ0n) is 11.2. The summed E-state index contributed by atoms with van der Waals surface area (Å²) < 4.78 is 0. The average Bonchev–Trinajstić information content (AvgIpc) is 2.44. The summed E-state index contributed by atoms with van der Waals surface area (Å²) in [5.74, 6) is 0. The number of rotatable bonds is 5. The molecule has 2 aromatic rings. The van der Waals surface area contributed by atoms with Crippen LogP contribution in [0.2, 0.25) is 10.0 Å². The lowest BCUT2D eigenvalue weighted by Gasteiger charge is -2.30. The first-order valence-corrected chi connectivity index (χ1v) is 7.15. The second kappa shape index (κ2) is 6.49. The molecule has 1 atom stereocenters. The van der Waals surface area contributed by atoms with Crippen LogP contribution in [0.1, 0.15) is 12.5 Å². The van der Waals surface area contributed by atoms with Crippen molar-refractivity contribution >= 4 is 28.9 Å². The summed E-state index contributed by atoms with van der Waals surface area (Å²) in [5, 5.41) is 14.5. The smallest absolute Gasteiger partial charge is 0.0662 e. The second-order valence-electron chi connectivity index (χ2n) is 5.15. The third kappa shape index (κ3) is 4.14. The normalized spacial score (nSPS) is 13.8. The molecule has 0 bridgehead atoms. The summed E-state index contributed by atoms with van der Waals surface area (Å²) in [6.07, 6.45) is 0.698. The van der Waals surface area contributed by atoms with E-state index >= 15 is 0 Å². The van der Waals surface area contributed by atoms with Gasteiger partial charge in [-0.25, -0.2) is 0 Å². The molecular weight excluding hydrogens is 293 g/mol. The Kier molecular flexibility index (Phi) is 4.92. The summed E-state index contributed by atoms with van der Waals surface area (Å²) >= 11 is 11.8. The predicted octanol–water partition coefficient (Wildman–Crippen LogP) is 4.40. The zero-order chi connectivity index (χ0) is 14.6. The molecular formula is C16H17Cl2NO. The fourth-order valence-electron chi connectivity index (χ4n) is 2.07. The van der Waals surface area contributed by atoms with Gasteiger partial charge in [0.1, 0.15) is 0 Å². The lowest BCUT2D eigenvalue weighted by molar-refractivity contribution is 0.222. The van der Waals surface area contributed by atoms with Crippen LogP contribution < -0.4 is 5.32 Å². The SMILES string of the molecule is CC(CO)(Cc1ccc(Cl)cc1)Nc1ccc(Cl)cc1. The molecule has 2 nitrogen and oxygen atoms in total. The Morgan fingerprint density at radius 2 is 1.45 bits per heavy atom. The zero-order valence-corrected chi connectivity index (χ0v) is 12.7. The van der Waals surface area contributed by atoms with Crippen LogP contribution in [-0.4, -0.2) is 17.3 Å². The Bertz CT molecular complexity index is 504. The van der Waals surface area contributed by atoms with Gasteiger partial charge in [0.2, 0.25) is 0 Å². The van der Waals surface area contributed by atoms with E-state index in [1.807, 2.05) is 55.5 Å². The van der Waals surface area contributed by atoms with Gasteiger partial charge < -0.3 is 10.4 Å². The fourth-order valence-corrected chi connectivity index (χ4v) is 2.33. The van der Waals surface area contributed by atoms with E-state index in [1.165, 1.54) is 0 Å². The van der Waals surface area contributed by atoms with E-state index in [0.29, 0.717) is 16.5 Å². The molecule has 2 aromatic carbocycles. The maximum Gasteiger partial charge on any atom is 0.0662 e. The minimum Gasteiger partial charge on any atom is -0.394 e. The van der Waals surface area contributed by atoms with Gasteiger partial charge in [0.25, 0.3) is 0 Å². The Morgan fingerprint density at radius 1 is 0.950 bits per heavy atom. The maximum atomic E-state index is 9.70. The summed E-state index contributed by atoms with van der Waals surface area (Å²) in [5.41, 5.74) is 1.61. The molecule has 0 radical (unpaired) electrons. The van der Waals surface area contributed by atoms with Crippen molar-refractivity contribution in [1.29, 1.82) is 0 Å². The van der Waals surface area contributed by atoms with Crippen molar-refractivity contribution in [2.24, 2.45) is 0 Å². The first kappa shape index (κ1) is 15.2. The average molecular weight is 310 g/mol. The highest BCUT2D eigenvalue weighted by Gasteiger charge is 2.23. The summed E-state index contributed by atoms with van der Waals surface area (Å²) in [6.45, 7) is 2.01. The number of hydrogen-bond donors (Lipinski definition) is 2. The number of halogens is 2. The molecule has 0 aliphatic rings. The number of aliphatic hydroxyl groups excluding tert-OH is 1. The molecule has 0 amide bonds. The number of benzene rings is 2. The molecule has 2 N–H and O–H groups in total. The molecule has 0 heterocycles. The second-order valence-corrected chi connectivity index (χ2v) is 6.03. The van der Waals surface area contributed by atoms with E-state index in [-0.39, 0.29) is 6.61 Å². The minimum absolute atomic E-state index is 0.0260. The van der Waals surface area contributed by atoms with E-state index in [0.717, 1.165) is 11.3 Å². The third-order valence-electron chi connectivity index (χ3n) is 3.15. The minimum atomic E-state index is -0.443. The Morgan fingerprint density at radius 3 is 1.95 bits per heavy atom. The van der Waals surface area contributed by atoms with Crippen LogP contribution in [0.25, 0.3) is 0 Å². The molecule has 0 spiro atoms. The fraction of sp³-hybridized carbons (Fsp3) is 0.250. The summed E-state index contributed by atoms with van der Waals surface area (Å²) in [4.78, 5) is 0. The Balaban J connectivity index is 2.12. The molecule has 0 saturated carbocycles. The monoisotopic (exact) mass is 309 g/mol. The topological polar surface area (TPSA) is 32.3 Å². The van der Waals surface area contributed by atoms with E-state index in [4.69, 9.17) is 23.2 Å². The van der Waals surface area contributed by atoms with Gasteiger partial charge in [0.15, 0.2) is 0 Å². The molecule has 0 aliphatic heterocycles. The number of anilines is 1. The summed E-state index contributed by atoms with van der Waals surface area (Å²) in [6, 6.07) is 15.1. The van der Waals surface area contributed by atoms with E-state index in [9.17, 15) is 5.11 Å². The van der Waals surface area contributed by atoms with Crippen molar-refractivity contribution in [3.8, 4) is 0 Å². The standard InChI is InChI=1S/C16H17Cl2NO/c1-16(11-20,10-12-2-4-13(17)5-3-12)19-15-8-6-14(18)7-9-15/h2-9,19-20H,10-11H2,1H3. The van der Waals surface area contributed by atoms with Gasteiger partial charge >= 0.3 is 0 Å². The van der Waals surface area contributed by atoms with Crippen LogP contribution in [0.15, 0.2) is 48.5 Å². The van der Waals surface area contributed by atoms with Gasteiger partial charge in [-0.1, -0.05) is 35.3 Å². The first-order chi connectivity index (χ1) is 9.50. The Labute approximate surface area is 129 Å². The molecule has 20 heavy (non-hydrogen) atoms. The van der Waals surface area contributed by atoms with Gasteiger partial charge in [-0.2, -0.15) is 0 Å². The van der Waals surface area contributed by atoms with Gasteiger partial charge in [-0.3, -0.25) is 0 Å². The molecule has 0 fully saturated rings. The van der Waals surface area contributed by atoms with Gasteiger partial charge in [-0.05, 0) is 55.3 Å². The quantitative estimate of drug-likeness (QED) is 0.858. The molecule has 2 rings (SSSR count). The molecule has 0 saturated heterocycles. The van der Waals surface area contributed by atoms with Crippen molar-refractivity contribution in [3.63, 3.8) is 0 Å². The van der Waals surface area contributed by atoms with E-state index in [1.54, 1.807) is 0 Å². The van der Waals surface area contributed by atoms with E-state index < -0.39 is 5.54 Å². The van der Waals surface area contributed by atoms with Crippen LogP contribution >= 0.6 is 23.2 Å². The van der Waals surface area contributed by atoms with Crippen molar-refractivity contribution in [2.45, 2.75) is 18.9 Å². The van der Waals surface area contributed by atoms with Gasteiger partial charge in [-0.15, -0.1) is 0 Å². The van der Waals surface area contributed by atoms with Gasteiger partial charge in [0, 0.05) is 15.7 Å². The highest BCUT2D eigenvalue weighted by Crippen LogP contribution is 2.22. The molecule has 0 aromatic heterocycles. The lowest BCUT2D eigenvalue weighted by atomic mass is 9.93. The van der Waals surface area contributed by atoms with E-state index in [2.05, 4.69) is 5.32 Å². The molecule has 4 heteroatoms. The van der Waals surface area contributed by atoms with Crippen LogP contribution in [-0.2, 0) is 6.42 Å². The third-order valence-corrected chi connectivity index (χ3v) is 3.65. The lowest BCUT2D eigenvalue weighted by Crippen LogP contribution is -2.41. The predicted molar refractivity (Wildman–Crippen MR) is 85.7 cm³/mol. The highest BCUT2D eigenvalue weighted by atomic mass is 35.5. The summed E-state index contributed by atoms with van der Waals surface area (Å²) in [7, 11) is 0. The number of nitrogens with one attached hydrogen (secondary N) is 1. The largest absolute Gasteiger partial charge is 0.394 e. The van der Waals surface area contributed by atoms with Crippen molar-refractivity contribution < 1.29 is 5.11 Å². The van der Waals surface area contributed by atoms with Crippen LogP contribution in [0.4, 0.5) is 5.69 Å². The Hall–Kier alpha value is -1.22. The first-order valence-electron chi connectivity index (χ1n) is 6.40. The van der Waals surface area contributed by atoms with Crippen molar-refractivity contribution in [2.75, 3.05) is 11.9 Å². The van der Waals surface area contributed by atoms with Gasteiger partial charge in [0.05, 0.1) is 12.1 Å². The maximum absolute atomic E-state index is 9.70. The molecule has 1 unspecified atom stereocenters. The molecule has 106 valence electrons. The number of hydrogen-bond acceptors (Lipinski definition) is 2. The van der Waals surface area contributed by atoms with Crippen LogP contribution in [0.3, 0.4) is 0 Å². The molecule has 0 aliphatic carbocycles. The highest BCUT2D eigenvalue weighted by molar-refractivity contribution is 6.30. The van der Waals surface area contributed by atoms with Crippen molar-refractivity contribution in [1.82, 2.24) is 0 Å². The number of aliphatic hydroxyl groups is 1.